The van der Waals surface area contributed by atoms with E-state index in [4.69, 9.17) is 5.73 Å². The van der Waals surface area contributed by atoms with Crippen LogP contribution >= 0.6 is 0 Å². The van der Waals surface area contributed by atoms with Gasteiger partial charge in [0.25, 0.3) is 5.91 Å². The van der Waals surface area contributed by atoms with Crippen LogP contribution in [-0.4, -0.2) is 17.8 Å². The minimum Gasteiger partial charge on any atom is -0.369 e. The van der Waals surface area contributed by atoms with Crippen LogP contribution in [-0.2, 0) is 4.79 Å². The van der Waals surface area contributed by atoms with Gasteiger partial charge < -0.3 is 5.73 Å². The molecule has 0 saturated heterocycles. The Kier molecular flexibility index (Phi) is 4.20. The van der Waals surface area contributed by atoms with E-state index in [9.17, 15) is 9.59 Å². The Morgan fingerprint density at radius 3 is 2.22 bits per heavy atom. The summed E-state index contributed by atoms with van der Waals surface area (Å²) < 4.78 is 0. The van der Waals surface area contributed by atoms with Crippen LogP contribution in [0.1, 0.15) is 31.1 Å². The number of hydrogen-bond donors (Lipinski definition) is 2. The number of carbonyl (C=O) groups is 2. The highest BCUT2D eigenvalue weighted by atomic mass is 16.2. The third-order valence-corrected chi connectivity index (χ3v) is 2.17. The lowest BCUT2D eigenvalue weighted by Crippen LogP contribution is -2.43. The number of hydrogen-bond acceptors (Lipinski definition) is 2. The van der Waals surface area contributed by atoms with Crippen molar-refractivity contribution in [1.82, 2.24) is 5.32 Å². The molecule has 0 heterocycles. The van der Waals surface area contributed by atoms with Gasteiger partial charge in [-0.3, -0.25) is 14.9 Å². The average Bonchev–Trinajstić information content (AvgIpc) is 2.28. The number of nitrogens with zero attached hydrogens (tertiary/aromatic N) is 1. The fourth-order valence-corrected chi connectivity index (χ4v) is 1.09. The molecule has 0 aliphatic carbocycles. The Morgan fingerprint density at radius 2 is 1.72 bits per heavy atom. The Labute approximate surface area is 106 Å². The molecule has 0 bridgehead atoms. The second kappa shape index (κ2) is 5.44. The Morgan fingerprint density at radius 1 is 1.17 bits per heavy atom. The number of benzene rings is 1. The predicted octanol–water partition coefficient (Wildman–Crippen LogP) is 1.30. The molecule has 0 saturated carbocycles. The van der Waals surface area contributed by atoms with Crippen LogP contribution in [0.4, 0.5) is 0 Å². The van der Waals surface area contributed by atoms with E-state index in [0.717, 1.165) is 0 Å². The molecule has 0 fully saturated rings. The summed E-state index contributed by atoms with van der Waals surface area (Å²) in [7, 11) is 0. The molecule has 96 valence electrons. The van der Waals surface area contributed by atoms with Crippen molar-refractivity contribution in [2.45, 2.75) is 20.8 Å². The van der Waals surface area contributed by atoms with E-state index in [2.05, 4.69) is 10.3 Å². The molecule has 1 rings (SSSR count). The Balaban J connectivity index is 2.73. The number of aliphatic imine (C=N–C) groups is 1. The van der Waals surface area contributed by atoms with Crippen molar-refractivity contribution in [3.05, 3.63) is 35.9 Å². The monoisotopic (exact) mass is 247 g/mol. The fourth-order valence-electron chi connectivity index (χ4n) is 1.09. The predicted molar refractivity (Wildman–Crippen MR) is 70.0 cm³/mol. The molecule has 0 aliphatic heterocycles. The summed E-state index contributed by atoms with van der Waals surface area (Å²) in [5.74, 6) is -0.962. The van der Waals surface area contributed by atoms with Crippen molar-refractivity contribution in [2.24, 2.45) is 16.1 Å². The molecule has 0 radical (unpaired) electrons. The van der Waals surface area contributed by atoms with Crippen LogP contribution in [0.5, 0.6) is 0 Å². The largest absolute Gasteiger partial charge is 0.369 e. The highest BCUT2D eigenvalue weighted by Crippen LogP contribution is 2.12. The third kappa shape index (κ3) is 4.01. The first kappa shape index (κ1) is 13.9. The van der Waals surface area contributed by atoms with Gasteiger partial charge in [-0.25, -0.2) is 0 Å². The molecule has 5 nitrogen and oxygen atoms in total. The summed E-state index contributed by atoms with van der Waals surface area (Å²) in [6.07, 6.45) is 0. The average molecular weight is 247 g/mol. The van der Waals surface area contributed by atoms with Crippen LogP contribution in [0.2, 0.25) is 0 Å². The SMILES string of the molecule is CC(C)(C)C(=O)NC(N)=NC(=O)c1ccccc1. The lowest BCUT2D eigenvalue weighted by molar-refractivity contribution is -0.126. The number of rotatable bonds is 1. The zero-order valence-electron chi connectivity index (χ0n) is 10.7. The van der Waals surface area contributed by atoms with Gasteiger partial charge in [0.05, 0.1) is 0 Å². The Bertz CT molecular complexity index is 473. The maximum absolute atomic E-state index is 11.7. The number of carbonyl (C=O) groups excluding carboxylic acids is 2. The van der Waals surface area contributed by atoms with Gasteiger partial charge in [-0.2, -0.15) is 4.99 Å². The smallest absolute Gasteiger partial charge is 0.280 e. The zero-order chi connectivity index (χ0) is 13.8. The number of nitrogens with one attached hydrogen (secondary N) is 1. The molecule has 0 atom stereocenters. The molecule has 0 aromatic heterocycles. The first-order valence-corrected chi connectivity index (χ1v) is 5.55. The first-order chi connectivity index (χ1) is 8.30. The van der Waals surface area contributed by atoms with Crippen molar-refractivity contribution in [1.29, 1.82) is 0 Å². The second-order valence-electron chi connectivity index (χ2n) is 4.87. The Hall–Kier alpha value is -2.17. The van der Waals surface area contributed by atoms with Gasteiger partial charge in [0.1, 0.15) is 0 Å². The van der Waals surface area contributed by atoms with E-state index in [-0.39, 0.29) is 11.9 Å². The number of guanidine groups is 1. The van der Waals surface area contributed by atoms with Gasteiger partial charge in [-0.15, -0.1) is 0 Å². The molecule has 18 heavy (non-hydrogen) atoms. The lowest BCUT2D eigenvalue weighted by atomic mass is 9.96. The van der Waals surface area contributed by atoms with E-state index in [1.165, 1.54) is 0 Å². The minimum atomic E-state index is -0.587. The highest BCUT2D eigenvalue weighted by molar-refractivity contribution is 6.06. The van der Waals surface area contributed by atoms with Crippen LogP contribution in [0.3, 0.4) is 0 Å². The van der Waals surface area contributed by atoms with Crippen LogP contribution in [0.15, 0.2) is 35.3 Å². The van der Waals surface area contributed by atoms with Gasteiger partial charge in [0.2, 0.25) is 11.9 Å². The lowest BCUT2D eigenvalue weighted by Gasteiger charge is -2.16. The van der Waals surface area contributed by atoms with E-state index in [1.807, 2.05) is 0 Å². The molecule has 1 aromatic rings. The maximum atomic E-state index is 11.7. The summed E-state index contributed by atoms with van der Waals surface area (Å²) in [5, 5.41) is 2.39. The topological polar surface area (TPSA) is 84.6 Å². The highest BCUT2D eigenvalue weighted by Gasteiger charge is 2.21. The van der Waals surface area contributed by atoms with Crippen molar-refractivity contribution in [3.8, 4) is 0 Å². The second-order valence-corrected chi connectivity index (χ2v) is 4.87. The van der Waals surface area contributed by atoms with E-state index in [1.54, 1.807) is 51.1 Å². The van der Waals surface area contributed by atoms with Gasteiger partial charge in [0, 0.05) is 11.0 Å². The summed E-state index contributed by atoms with van der Waals surface area (Å²) in [4.78, 5) is 26.9. The summed E-state index contributed by atoms with van der Waals surface area (Å²) in [6, 6.07) is 8.51. The van der Waals surface area contributed by atoms with Crippen molar-refractivity contribution in [2.75, 3.05) is 0 Å². The minimum absolute atomic E-state index is 0.191. The normalized spacial score (nSPS) is 12.1. The van der Waals surface area contributed by atoms with Crippen LogP contribution in [0, 0.1) is 5.41 Å². The van der Waals surface area contributed by atoms with Gasteiger partial charge in [-0.05, 0) is 12.1 Å². The molecule has 1 aromatic carbocycles. The molecule has 5 heteroatoms. The van der Waals surface area contributed by atoms with Gasteiger partial charge in [0.15, 0.2) is 0 Å². The standard InChI is InChI=1S/C13H17N3O2/c1-13(2,3)11(18)16-12(14)15-10(17)9-7-5-4-6-8-9/h4-8H,1-3H3,(H3,14,15,16,17,18). The van der Waals surface area contributed by atoms with Crippen molar-refractivity contribution in [3.63, 3.8) is 0 Å². The van der Waals surface area contributed by atoms with Gasteiger partial charge >= 0.3 is 0 Å². The van der Waals surface area contributed by atoms with Gasteiger partial charge in [-0.1, -0.05) is 39.0 Å². The molecule has 0 aliphatic rings. The molecule has 2 amide bonds. The molecular formula is C13H17N3O2. The van der Waals surface area contributed by atoms with Crippen molar-refractivity contribution >= 4 is 17.8 Å². The number of amides is 2. The van der Waals surface area contributed by atoms with Crippen LogP contribution in [0.25, 0.3) is 0 Å². The fraction of sp³-hybridized carbons (Fsp3) is 0.308. The number of nitrogens with two attached hydrogens (primary N) is 1. The molecule has 0 spiro atoms. The van der Waals surface area contributed by atoms with E-state index < -0.39 is 11.3 Å². The van der Waals surface area contributed by atoms with Crippen molar-refractivity contribution < 1.29 is 9.59 Å². The van der Waals surface area contributed by atoms with Crippen LogP contribution < -0.4 is 11.1 Å². The first-order valence-electron chi connectivity index (χ1n) is 5.55. The third-order valence-electron chi connectivity index (χ3n) is 2.17. The quantitative estimate of drug-likeness (QED) is 0.579. The maximum Gasteiger partial charge on any atom is 0.280 e. The molecule has 3 N–H and O–H groups in total. The molecule has 0 unspecified atom stereocenters. The summed E-state index contributed by atoms with van der Waals surface area (Å²) in [6.45, 7) is 5.23. The summed E-state index contributed by atoms with van der Waals surface area (Å²) >= 11 is 0. The van der Waals surface area contributed by atoms with E-state index >= 15 is 0 Å². The summed E-state index contributed by atoms with van der Waals surface area (Å²) in [5.41, 5.74) is 5.34. The zero-order valence-corrected chi connectivity index (χ0v) is 10.7. The van der Waals surface area contributed by atoms with E-state index in [0.29, 0.717) is 5.56 Å². The molecular weight excluding hydrogens is 230 g/mol.